The number of H-pyrrole nitrogens is 1. The number of fused-ring (bicyclic) bond motifs is 2. The van der Waals surface area contributed by atoms with Gasteiger partial charge in [-0.1, -0.05) is 12.1 Å². The summed E-state index contributed by atoms with van der Waals surface area (Å²) < 4.78 is 0. The van der Waals surface area contributed by atoms with Gasteiger partial charge in [0, 0.05) is 5.54 Å². The Morgan fingerprint density at radius 2 is 2.36 bits per heavy atom. The number of nitrogens with one attached hydrogen (secondary N) is 1. The second kappa shape index (κ2) is 2.57. The monoisotopic (exact) mass is 192 g/mol. The third-order valence-corrected chi connectivity index (χ3v) is 4.24. The maximum atomic E-state index is 6.34. The number of hydrogen-bond acceptors (Lipinski definition) is 3. The molecular weight excluding hydrogens is 176 g/mol. The van der Waals surface area contributed by atoms with Crippen molar-refractivity contribution in [2.45, 2.75) is 38.1 Å². The third-order valence-electron chi connectivity index (χ3n) is 4.24. The zero-order valence-corrected chi connectivity index (χ0v) is 8.45. The van der Waals surface area contributed by atoms with Crippen LogP contribution in [0.2, 0.25) is 0 Å². The quantitative estimate of drug-likeness (QED) is 0.634. The summed E-state index contributed by atoms with van der Waals surface area (Å²) >= 11 is 0. The summed E-state index contributed by atoms with van der Waals surface area (Å²) in [5.41, 5.74) is 8.81. The summed E-state index contributed by atoms with van der Waals surface area (Å²) in [6, 6.07) is 0. The molecule has 0 amide bonds. The molecule has 0 aromatic carbocycles. The highest BCUT2D eigenvalue weighted by molar-refractivity contribution is 5.20. The van der Waals surface area contributed by atoms with Gasteiger partial charge in [-0.2, -0.15) is 0 Å². The van der Waals surface area contributed by atoms with Crippen LogP contribution in [0.15, 0.2) is 0 Å². The first-order valence-corrected chi connectivity index (χ1v) is 5.39. The van der Waals surface area contributed by atoms with E-state index in [1.165, 1.54) is 12.1 Å². The normalized spacial score (nSPS) is 40.7. The Hall–Kier alpha value is -0.900. The number of aromatic nitrogens is 3. The van der Waals surface area contributed by atoms with Crippen molar-refractivity contribution >= 4 is 0 Å². The van der Waals surface area contributed by atoms with Gasteiger partial charge in [-0.3, -0.25) is 5.10 Å². The van der Waals surface area contributed by atoms with Gasteiger partial charge < -0.3 is 5.73 Å². The molecule has 0 aliphatic heterocycles. The Balaban J connectivity index is 1.87. The zero-order chi connectivity index (χ0) is 9.76. The van der Waals surface area contributed by atoms with Gasteiger partial charge in [-0.25, -0.2) is 0 Å². The second-order valence-electron chi connectivity index (χ2n) is 4.78. The Morgan fingerprint density at radius 3 is 3.21 bits per heavy atom. The van der Waals surface area contributed by atoms with E-state index in [1.54, 1.807) is 0 Å². The molecule has 3 atom stereocenters. The van der Waals surface area contributed by atoms with Crippen LogP contribution in [-0.4, -0.2) is 20.9 Å². The summed E-state index contributed by atoms with van der Waals surface area (Å²) in [5, 5.41) is 10.9. The van der Waals surface area contributed by atoms with Crippen molar-refractivity contribution in [1.82, 2.24) is 15.4 Å². The largest absolute Gasteiger partial charge is 0.325 e. The van der Waals surface area contributed by atoms with Gasteiger partial charge in [0.05, 0.1) is 11.4 Å². The Labute approximate surface area is 83.3 Å². The molecule has 0 radical (unpaired) electrons. The van der Waals surface area contributed by atoms with Gasteiger partial charge >= 0.3 is 0 Å². The van der Waals surface area contributed by atoms with Gasteiger partial charge in [0.2, 0.25) is 0 Å². The van der Waals surface area contributed by atoms with E-state index >= 15 is 0 Å². The minimum absolute atomic E-state index is 0.114. The van der Waals surface area contributed by atoms with E-state index in [-0.39, 0.29) is 5.54 Å². The molecule has 1 saturated carbocycles. The summed E-state index contributed by atoms with van der Waals surface area (Å²) in [6.07, 6.45) is 4.31. The molecule has 4 heteroatoms. The van der Waals surface area contributed by atoms with Crippen LogP contribution in [0.4, 0.5) is 0 Å². The molecule has 4 nitrogen and oxygen atoms in total. The van der Waals surface area contributed by atoms with Crippen molar-refractivity contribution in [1.29, 1.82) is 0 Å². The molecule has 3 N–H and O–H groups in total. The van der Waals surface area contributed by atoms with Gasteiger partial charge in [0.25, 0.3) is 0 Å². The van der Waals surface area contributed by atoms with E-state index < -0.39 is 0 Å². The molecule has 2 aliphatic rings. The number of hydrogen-bond donors (Lipinski definition) is 2. The zero-order valence-electron chi connectivity index (χ0n) is 8.45. The smallest absolute Gasteiger partial charge is 0.0856 e. The lowest BCUT2D eigenvalue weighted by Crippen LogP contribution is -2.28. The maximum Gasteiger partial charge on any atom is 0.0856 e. The Kier molecular flexibility index (Phi) is 1.54. The van der Waals surface area contributed by atoms with Crippen molar-refractivity contribution in [2.75, 3.05) is 0 Å². The molecule has 0 saturated heterocycles. The molecular formula is C10H16N4. The van der Waals surface area contributed by atoms with Crippen molar-refractivity contribution in [3.8, 4) is 0 Å². The van der Waals surface area contributed by atoms with Gasteiger partial charge in [-0.15, -0.1) is 5.10 Å². The molecule has 1 aromatic heterocycles. The lowest BCUT2D eigenvalue weighted by molar-refractivity contribution is 0.504. The molecule has 3 rings (SSSR count). The molecule has 14 heavy (non-hydrogen) atoms. The number of rotatable bonds is 0. The molecule has 0 spiro atoms. The van der Waals surface area contributed by atoms with Crippen molar-refractivity contribution in [3.63, 3.8) is 0 Å². The van der Waals surface area contributed by atoms with Crippen molar-refractivity contribution in [3.05, 3.63) is 11.4 Å². The standard InChI is InChI=1S/C10H16N4/c1-6-7-2-3-8-9(13-14-12-8)4-5-10(6,7)11/h6-7H,2-5,11H2,1H3,(H,12,13,14). The van der Waals surface area contributed by atoms with Gasteiger partial charge in [0.1, 0.15) is 0 Å². The number of aryl methyl sites for hydroxylation is 2. The first-order valence-electron chi connectivity index (χ1n) is 5.39. The Bertz CT molecular complexity index is 359. The first kappa shape index (κ1) is 8.41. The van der Waals surface area contributed by atoms with Crippen LogP contribution in [0.1, 0.15) is 31.2 Å². The van der Waals surface area contributed by atoms with Crippen LogP contribution >= 0.6 is 0 Å². The first-order chi connectivity index (χ1) is 6.72. The maximum absolute atomic E-state index is 6.34. The summed E-state index contributed by atoms with van der Waals surface area (Å²) in [7, 11) is 0. The van der Waals surface area contributed by atoms with Gasteiger partial charge in [-0.05, 0) is 37.5 Å². The van der Waals surface area contributed by atoms with Crippen LogP contribution in [-0.2, 0) is 12.8 Å². The molecule has 1 fully saturated rings. The second-order valence-corrected chi connectivity index (χ2v) is 4.78. The van der Waals surface area contributed by atoms with E-state index in [9.17, 15) is 0 Å². The molecule has 2 aliphatic carbocycles. The SMILES string of the molecule is CC1C2CCc3nn[nH]c3CCC12N. The van der Waals surface area contributed by atoms with E-state index in [4.69, 9.17) is 5.73 Å². The predicted molar refractivity (Wildman–Crippen MR) is 52.6 cm³/mol. The fourth-order valence-electron chi connectivity index (χ4n) is 2.99. The predicted octanol–water partition coefficient (Wildman–Crippen LogP) is 0.647. The highest BCUT2D eigenvalue weighted by Crippen LogP contribution is 2.54. The van der Waals surface area contributed by atoms with E-state index in [0.717, 1.165) is 25.0 Å². The third kappa shape index (κ3) is 0.974. The lowest BCUT2D eigenvalue weighted by Gasteiger charge is -2.14. The average Bonchev–Trinajstić information content (AvgIpc) is 2.55. The summed E-state index contributed by atoms with van der Waals surface area (Å²) in [4.78, 5) is 0. The lowest BCUT2D eigenvalue weighted by atomic mass is 9.98. The van der Waals surface area contributed by atoms with E-state index in [1.807, 2.05) is 0 Å². The highest BCUT2D eigenvalue weighted by Gasteiger charge is 2.58. The van der Waals surface area contributed by atoms with Crippen LogP contribution in [0, 0.1) is 11.8 Å². The van der Waals surface area contributed by atoms with Crippen LogP contribution in [0.25, 0.3) is 0 Å². The van der Waals surface area contributed by atoms with E-state index in [2.05, 4.69) is 22.3 Å². The molecule has 1 aromatic rings. The van der Waals surface area contributed by atoms with E-state index in [0.29, 0.717) is 11.8 Å². The minimum Gasteiger partial charge on any atom is -0.325 e. The van der Waals surface area contributed by atoms with Gasteiger partial charge in [0.15, 0.2) is 0 Å². The van der Waals surface area contributed by atoms with Crippen LogP contribution in [0.5, 0.6) is 0 Å². The number of nitrogens with zero attached hydrogens (tertiary/aromatic N) is 2. The number of aromatic amines is 1. The molecule has 0 bridgehead atoms. The highest BCUT2D eigenvalue weighted by atomic mass is 15.3. The summed E-state index contributed by atoms with van der Waals surface area (Å²) in [5.74, 6) is 1.41. The van der Waals surface area contributed by atoms with Crippen molar-refractivity contribution < 1.29 is 0 Å². The summed E-state index contributed by atoms with van der Waals surface area (Å²) in [6.45, 7) is 2.27. The Morgan fingerprint density at radius 1 is 1.50 bits per heavy atom. The number of nitrogens with two attached hydrogens (primary N) is 1. The fourth-order valence-corrected chi connectivity index (χ4v) is 2.99. The topological polar surface area (TPSA) is 67.6 Å². The van der Waals surface area contributed by atoms with Crippen LogP contribution in [0.3, 0.4) is 0 Å². The van der Waals surface area contributed by atoms with Crippen molar-refractivity contribution in [2.24, 2.45) is 17.6 Å². The fraction of sp³-hybridized carbons (Fsp3) is 0.800. The molecule has 76 valence electrons. The molecule has 3 unspecified atom stereocenters. The molecule has 1 heterocycles. The average molecular weight is 192 g/mol. The van der Waals surface area contributed by atoms with Crippen LogP contribution < -0.4 is 5.73 Å². The minimum atomic E-state index is 0.114.